The molecule has 19 heavy (non-hydrogen) atoms. The van der Waals surface area contributed by atoms with Crippen molar-refractivity contribution in [3.63, 3.8) is 0 Å². The first kappa shape index (κ1) is 14.3. The summed E-state index contributed by atoms with van der Waals surface area (Å²) in [5, 5.41) is 5.80. The molecule has 0 aliphatic rings. The fourth-order valence-electron chi connectivity index (χ4n) is 2.89. The van der Waals surface area contributed by atoms with E-state index in [9.17, 15) is 0 Å². The van der Waals surface area contributed by atoms with Gasteiger partial charge in [-0.05, 0) is 55.5 Å². The number of aryl methyl sites for hydroxylation is 3. The van der Waals surface area contributed by atoms with Crippen molar-refractivity contribution >= 4 is 11.3 Å². The molecular formula is C17H23NS. The zero-order valence-electron chi connectivity index (χ0n) is 12.3. The molecule has 1 heterocycles. The Morgan fingerprint density at radius 3 is 2.37 bits per heavy atom. The van der Waals surface area contributed by atoms with E-state index in [1.807, 2.05) is 11.3 Å². The van der Waals surface area contributed by atoms with Gasteiger partial charge in [-0.1, -0.05) is 30.7 Å². The average Bonchev–Trinajstić information content (AvgIpc) is 2.80. The van der Waals surface area contributed by atoms with Crippen LogP contribution in [0.2, 0.25) is 0 Å². The molecule has 0 saturated carbocycles. The summed E-state index contributed by atoms with van der Waals surface area (Å²) in [7, 11) is 0. The molecule has 2 aromatic rings. The third-order valence-corrected chi connectivity index (χ3v) is 4.42. The number of benzene rings is 1. The van der Waals surface area contributed by atoms with Crippen molar-refractivity contribution in [1.82, 2.24) is 5.32 Å². The van der Waals surface area contributed by atoms with Gasteiger partial charge < -0.3 is 5.32 Å². The van der Waals surface area contributed by atoms with E-state index in [0.717, 1.165) is 13.0 Å². The summed E-state index contributed by atoms with van der Waals surface area (Å²) in [6.45, 7) is 9.82. The smallest absolute Gasteiger partial charge is 0.0373 e. The fraction of sp³-hybridized carbons (Fsp3) is 0.412. The zero-order chi connectivity index (χ0) is 13.8. The monoisotopic (exact) mass is 273 g/mol. The van der Waals surface area contributed by atoms with Crippen molar-refractivity contribution in [3.05, 3.63) is 56.8 Å². The maximum Gasteiger partial charge on any atom is 0.0373 e. The number of rotatable bonds is 5. The van der Waals surface area contributed by atoms with Crippen molar-refractivity contribution < 1.29 is 0 Å². The van der Waals surface area contributed by atoms with Gasteiger partial charge in [-0.25, -0.2) is 0 Å². The molecule has 0 radical (unpaired) electrons. The summed E-state index contributed by atoms with van der Waals surface area (Å²) in [5.41, 5.74) is 5.63. The lowest BCUT2D eigenvalue weighted by molar-refractivity contribution is 0.548. The van der Waals surface area contributed by atoms with Gasteiger partial charge >= 0.3 is 0 Å². The van der Waals surface area contributed by atoms with Gasteiger partial charge in [0, 0.05) is 17.3 Å². The standard InChI is InChI=1S/C17H23NS/c1-5-18-16(11-15-7-6-8-19-15)17-13(3)9-12(2)10-14(17)4/h6-10,16,18H,5,11H2,1-4H3. The summed E-state index contributed by atoms with van der Waals surface area (Å²) < 4.78 is 0. The highest BCUT2D eigenvalue weighted by Gasteiger charge is 2.16. The first-order valence-electron chi connectivity index (χ1n) is 6.95. The number of nitrogens with one attached hydrogen (secondary N) is 1. The molecule has 0 spiro atoms. The highest BCUT2D eigenvalue weighted by atomic mass is 32.1. The molecule has 1 unspecified atom stereocenters. The van der Waals surface area contributed by atoms with Gasteiger partial charge in [0.2, 0.25) is 0 Å². The third kappa shape index (κ3) is 3.46. The molecule has 0 bridgehead atoms. The van der Waals surface area contributed by atoms with Gasteiger partial charge in [-0.15, -0.1) is 11.3 Å². The molecule has 1 atom stereocenters. The number of hydrogen-bond acceptors (Lipinski definition) is 2. The number of thiophene rings is 1. The molecule has 1 N–H and O–H groups in total. The summed E-state index contributed by atoms with van der Waals surface area (Å²) in [6.07, 6.45) is 1.08. The normalized spacial score (nSPS) is 12.6. The molecule has 1 aromatic carbocycles. The maximum absolute atomic E-state index is 3.64. The van der Waals surface area contributed by atoms with Gasteiger partial charge in [0.1, 0.15) is 0 Å². The van der Waals surface area contributed by atoms with Crippen molar-refractivity contribution in [2.24, 2.45) is 0 Å². The average molecular weight is 273 g/mol. The molecule has 2 rings (SSSR count). The van der Waals surface area contributed by atoms with Crippen molar-refractivity contribution in [1.29, 1.82) is 0 Å². The Morgan fingerprint density at radius 1 is 1.16 bits per heavy atom. The van der Waals surface area contributed by atoms with Gasteiger partial charge in [0.05, 0.1) is 0 Å². The van der Waals surface area contributed by atoms with E-state index in [1.165, 1.54) is 27.1 Å². The first-order chi connectivity index (χ1) is 9.11. The van der Waals surface area contributed by atoms with Crippen LogP contribution in [0.1, 0.15) is 40.1 Å². The molecule has 0 amide bonds. The lowest BCUT2D eigenvalue weighted by atomic mass is 9.92. The van der Waals surface area contributed by atoms with E-state index in [4.69, 9.17) is 0 Å². The van der Waals surface area contributed by atoms with Crippen LogP contribution in [0.3, 0.4) is 0 Å². The van der Waals surface area contributed by atoms with Crippen LogP contribution in [0.15, 0.2) is 29.6 Å². The lowest BCUT2D eigenvalue weighted by Gasteiger charge is -2.22. The maximum atomic E-state index is 3.64. The molecule has 0 aliphatic heterocycles. The second kappa shape index (κ2) is 6.36. The molecule has 0 aliphatic carbocycles. The molecule has 2 heteroatoms. The molecule has 1 aromatic heterocycles. The summed E-state index contributed by atoms with van der Waals surface area (Å²) >= 11 is 1.85. The first-order valence-corrected chi connectivity index (χ1v) is 7.83. The Bertz CT molecular complexity index is 505. The minimum Gasteiger partial charge on any atom is -0.310 e. The molecule has 1 nitrogen and oxygen atoms in total. The largest absolute Gasteiger partial charge is 0.310 e. The van der Waals surface area contributed by atoms with Gasteiger partial charge in [0.25, 0.3) is 0 Å². The summed E-state index contributed by atoms with van der Waals surface area (Å²) in [6, 6.07) is 9.37. The van der Waals surface area contributed by atoms with Crippen LogP contribution in [0.25, 0.3) is 0 Å². The number of hydrogen-bond donors (Lipinski definition) is 1. The zero-order valence-corrected chi connectivity index (χ0v) is 13.1. The molecule has 0 saturated heterocycles. The Balaban J connectivity index is 2.33. The minimum atomic E-state index is 0.421. The third-order valence-electron chi connectivity index (χ3n) is 3.52. The Kier molecular flexibility index (Phi) is 4.78. The van der Waals surface area contributed by atoms with Crippen LogP contribution < -0.4 is 5.32 Å². The Hall–Kier alpha value is -1.12. The summed E-state index contributed by atoms with van der Waals surface area (Å²) in [5.74, 6) is 0. The van der Waals surface area contributed by atoms with E-state index < -0.39 is 0 Å². The van der Waals surface area contributed by atoms with E-state index in [2.05, 4.69) is 62.7 Å². The van der Waals surface area contributed by atoms with Crippen LogP contribution in [0.5, 0.6) is 0 Å². The van der Waals surface area contributed by atoms with Gasteiger partial charge in [0.15, 0.2) is 0 Å². The Morgan fingerprint density at radius 2 is 1.84 bits per heavy atom. The fourth-order valence-corrected chi connectivity index (χ4v) is 3.65. The summed E-state index contributed by atoms with van der Waals surface area (Å²) in [4.78, 5) is 1.45. The lowest BCUT2D eigenvalue weighted by Crippen LogP contribution is -2.24. The second-order valence-electron chi connectivity index (χ2n) is 5.21. The van der Waals surface area contributed by atoms with Crippen molar-refractivity contribution in [3.8, 4) is 0 Å². The van der Waals surface area contributed by atoms with Crippen LogP contribution in [-0.2, 0) is 6.42 Å². The van der Waals surface area contributed by atoms with E-state index >= 15 is 0 Å². The van der Waals surface area contributed by atoms with E-state index in [-0.39, 0.29) is 0 Å². The van der Waals surface area contributed by atoms with Gasteiger partial charge in [-0.3, -0.25) is 0 Å². The molecule has 0 fully saturated rings. The van der Waals surface area contributed by atoms with E-state index in [0.29, 0.717) is 6.04 Å². The number of likely N-dealkylation sites (N-methyl/N-ethyl adjacent to an activating group) is 1. The minimum absolute atomic E-state index is 0.421. The van der Waals surface area contributed by atoms with Crippen LogP contribution in [-0.4, -0.2) is 6.54 Å². The SMILES string of the molecule is CCNC(Cc1cccs1)c1c(C)cc(C)cc1C. The van der Waals surface area contributed by atoms with Crippen molar-refractivity contribution in [2.75, 3.05) is 6.54 Å². The predicted molar refractivity (Wildman–Crippen MR) is 85.1 cm³/mol. The van der Waals surface area contributed by atoms with Gasteiger partial charge in [-0.2, -0.15) is 0 Å². The van der Waals surface area contributed by atoms with E-state index in [1.54, 1.807) is 0 Å². The topological polar surface area (TPSA) is 12.0 Å². The molecular weight excluding hydrogens is 250 g/mol. The van der Waals surface area contributed by atoms with Crippen molar-refractivity contribution in [2.45, 2.75) is 40.2 Å². The highest BCUT2D eigenvalue weighted by molar-refractivity contribution is 7.09. The van der Waals surface area contributed by atoms with Crippen LogP contribution >= 0.6 is 11.3 Å². The van der Waals surface area contributed by atoms with Crippen LogP contribution in [0.4, 0.5) is 0 Å². The predicted octanol–water partition coefficient (Wildman–Crippen LogP) is 4.57. The van der Waals surface area contributed by atoms with Crippen LogP contribution in [0, 0.1) is 20.8 Å². The second-order valence-corrected chi connectivity index (χ2v) is 6.24. The quantitative estimate of drug-likeness (QED) is 0.841. The molecule has 102 valence electrons. The Labute approximate surface area is 120 Å². The highest BCUT2D eigenvalue weighted by Crippen LogP contribution is 2.27.